The first-order valence-electron chi connectivity index (χ1n) is 15.7. The van der Waals surface area contributed by atoms with Crippen molar-refractivity contribution >= 4 is 30.5 Å². The number of ether oxygens (including phenoxy) is 3. The third kappa shape index (κ3) is 8.18. The number of nitrogens with one attached hydrogen (secondary N) is 1. The van der Waals surface area contributed by atoms with Gasteiger partial charge in [0.05, 0.1) is 12.1 Å². The number of Topliss-reactive ketones (excluding diaryl/α,β-unsaturated/α-hetero) is 1. The molecule has 2 aromatic rings. The van der Waals surface area contributed by atoms with Crippen LogP contribution in [0.25, 0.3) is 0 Å². The average molecular weight is 669 g/mol. The maximum Gasteiger partial charge on any atom is 0.408 e. The molecule has 2 aliphatic rings. The minimum Gasteiger partial charge on any atom is -0.451 e. The van der Waals surface area contributed by atoms with E-state index in [1.807, 2.05) is 0 Å². The Morgan fingerprint density at radius 3 is 2.04 bits per heavy atom. The van der Waals surface area contributed by atoms with Gasteiger partial charge in [-0.1, -0.05) is 38.1 Å². The van der Waals surface area contributed by atoms with Crippen molar-refractivity contribution in [1.82, 2.24) is 15.2 Å². The van der Waals surface area contributed by atoms with Crippen molar-refractivity contribution in [3.8, 4) is 0 Å². The summed E-state index contributed by atoms with van der Waals surface area (Å²) in [4.78, 5) is 54.1. The molecule has 2 heterocycles. The number of hydrogen-bond donors (Lipinski definition) is 1. The Morgan fingerprint density at radius 1 is 1.00 bits per heavy atom. The summed E-state index contributed by atoms with van der Waals surface area (Å²) in [6.07, 6.45) is 0.456. The quantitative estimate of drug-likeness (QED) is 0.113. The topological polar surface area (TPSA) is 127 Å². The predicted molar refractivity (Wildman–Crippen MR) is 172 cm³/mol. The van der Waals surface area contributed by atoms with Crippen LogP contribution < -0.4 is 5.32 Å². The summed E-state index contributed by atoms with van der Waals surface area (Å²) in [5.74, 6) is -4.29. The molecule has 3 atom stereocenters. The van der Waals surface area contributed by atoms with Crippen molar-refractivity contribution in [1.29, 1.82) is 0 Å². The third-order valence-corrected chi connectivity index (χ3v) is 8.15. The summed E-state index contributed by atoms with van der Waals surface area (Å²) >= 11 is 0. The van der Waals surface area contributed by atoms with E-state index >= 15 is 0 Å². The number of nitrogens with zero attached hydrogens (tertiary/aromatic N) is 3. The van der Waals surface area contributed by atoms with Crippen LogP contribution in [0.2, 0.25) is 0 Å². The van der Waals surface area contributed by atoms with E-state index in [4.69, 9.17) is 14.2 Å². The number of carbonyl (C=O) groups is 4. The van der Waals surface area contributed by atoms with Gasteiger partial charge in [0, 0.05) is 26.1 Å². The molecule has 0 bridgehead atoms. The van der Waals surface area contributed by atoms with Crippen molar-refractivity contribution in [2.45, 2.75) is 84.0 Å². The number of rotatable bonds is 11. The molecule has 13 heteroatoms. The number of fused-ring (bicyclic) bond motifs is 1. The van der Waals surface area contributed by atoms with Gasteiger partial charge in [-0.2, -0.15) is 5.10 Å². The highest BCUT2D eigenvalue weighted by Gasteiger charge is 2.51. The Bertz CT molecular complexity index is 1510. The minimum atomic E-state index is -1.10. The first-order chi connectivity index (χ1) is 22.6. The molecule has 2 aromatic carbocycles. The van der Waals surface area contributed by atoms with Gasteiger partial charge in [0.25, 0.3) is 5.91 Å². The van der Waals surface area contributed by atoms with Gasteiger partial charge in [-0.15, -0.1) is 0 Å². The van der Waals surface area contributed by atoms with Crippen LogP contribution in [0.15, 0.2) is 65.1 Å². The van der Waals surface area contributed by atoms with Gasteiger partial charge in [-0.3, -0.25) is 14.6 Å². The van der Waals surface area contributed by atoms with Crippen LogP contribution in [0, 0.1) is 17.6 Å². The number of hydrazone groups is 1. The summed E-state index contributed by atoms with van der Waals surface area (Å²) < 4.78 is 44.4. The number of halogens is 2. The number of amides is 2. The zero-order valence-electron chi connectivity index (χ0n) is 28.0. The minimum absolute atomic E-state index is 0.210. The molecular weight excluding hydrogens is 626 g/mol. The second-order valence-electron chi connectivity index (χ2n) is 13.1. The Labute approximate surface area is 278 Å². The van der Waals surface area contributed by atoms with Crippen LogP contribution in [0.4, 0.5) is 13.6 Å². The Kier molecular flexibility index (Phi) is 11.2. The molecule has 2 amide bonds. The number of hydrogen-bond acceptors (Lipinski definition) is 9. The fourth-order valence-corrected chi connectivity index (χ4v) is 6.11. The Morgan fingerprint density at radius 2 is 1.56 bits per heavy atom. The molecule has 0 aromatic heterocycles. The molecule has 48 heavy (non-hydrogen) atoms. The van der Waals surface area contributed by atoms with Gasteiger partial charge < -0.3 is 24.4 Å². The predicted octanol–water partition coefficient (Wildman–Crippen LogP) is 5.25. The molecule has 2 fully saturated rings. The number of piperazine rings is 1. The monoisotopic (exact) mass is 668 g/mol. The molecule has 0 aliphatic carbocycles. The lowest BCUT2D eigenvalue weighted by molar-refractivity contribution is -0.158. The fourth-order valence-electron chi connectivity index (χ4n) is 6.11. The van der Waals surface area contributed by atoms with Crippen LogP contribution in [0.1, 0.15) is 71.4 Å². The zero-order chi connectivity index (χ0) is 35.3. The van der Waals surface area contributed by atoms with Crippen molar-refractivity contribution < 1.29 is 42.2 Å². The molecule has 2 aliphatic heterocycles. The van der Waals surface area contributed by atoms with E-state index in [0.29, 0.717) is 30.5 Å². The lowest BCUT2D eigenvalue weighted by atomic mass is 9.79. The molecule has 0 saturated carbocycles. The zero-order valence-corrected chi connectivity index (χ0v) is 28.0. The number of ketones is 1. The van der Waals surface area contributed by atoms with E-state index in [2.05, 4.69) is 17.1 Å². The molecule has 2 saturated heterocycles. The van der Waals surface area contributed by atoms with Gasteiger partial charge in [-0.05, 0) is 74.9 Å². The summed E-state index contributed by atoms with van der Waals surface area (Å²) in [5.41, 5.74) is 0.327. The van der Waals surface area contributed by atoms with E-state index < -0.39 is 83.5 Å². The standard InChI is InChI=1S/C35H42F2N4O7/c1-20(2)28(39-34(45)48-35(4,5)6)33(44)47-19-46-31(21(3)42)30-32(43)40-18-8-9-26(40)29(41(30)38-7)27(22-10-14-24(36)15-11-22)23-12-16-25(37)17-13-23/h10-17,20,26-29H,7-9,18-19H2,1-6H3,(H,39,45)/b31-30+/t26-,28+,29-/m1/s1. The van der Waals surface area contributed by atoms with Crippen molar-refractivity contribution in [2.24, 2.45) is 11.0 Å². The molecule has 0 radical (unpaired) electrons. The van der Waals surface area contributed by atoms with E-state index in [0.717, 1.165) is 0 Å². The highest BCUT2D eigenvalue weighted by molar-refractivity contribution is 6.03. The first kappa shape index (κ1) is 36.0. The third-order valence-electron chi connectivity index (χ3n) is 8.15. The highest BCUT2D eigenvalue weighted by Crippen LogP contribution is 2.43. The number of alkyl carbamates (subject to hydrolysis) is 1. The van der Waals surface area contributed by atoms with Gasteiger partial charge in [0.1, 0.15) is 23.3 Å². The summed E-state index contributed by atoms with van der Waals surface area (Å²) in [5, 5.41) is 8.05. The molecule has 258 valence electrons. The molecular formula is C35H42F2N4O7. The number of carbonyl (C=O) groups excluding carboxylic acids is 4. The Hall–Kier alpha value is -4.81. The van der Waals surface area contributed by atoms with Crippen LogP contribution >= 0.6 is 0 Å². The summed E-state index contributed by atoms with van der Waals surface area (Å²) in [6.45, 7) is 13.0. The van der Waals surface area contributed by atoms with E-state index in [1.54, 1.807) is 63.8 Å². The summed E-state index contributed by atoms with van der Waals surface area (Å²) in [6, 6.07) is 9.55. The maximum absolute atomic E-state index is 14.0. The summed E-state index contributed by atoms with van der Waals surface area (Å²) in [7, 11) is 0. The van der Waals surface area contributed by atoms with Gasteiger partial charge >= 0.3 is 12.1 Å². The number of esters is 1. The van der Waals surface area contributed by atoms with Crippen molar-refractivity contribution in [3.05, 3.63) is 82.7 Å². The Balaban J connectivity index is 1.70. The van der Waals surface area contributed by atoms with Gasteiger partial charge in [-0.25, -0.2) is 18.4 Å². The van der Waals surface area contributed by atoms with E-state index in [1.165, 1.54) is 36.2 Å². The normalized spacial score (nSPS) is 19.5. The average Bonchev–Trinajstić information content (AvgIpc) is 3.50. The smallest absolute Gasteiger partial charge is 0.408 e. The van der Waals surface area contributed by atoms with Gasteiger partial charge in [0.15, 0.2) is 17.2 Å². The second-order valence-corrected chi connectivity index (χ2v) is 13.1. The second kappa shape index (κ2) is 15.0. The molecule has 4 rings (SSSR count). The largest absolute Gasteiger partial charge is 0.451 e. The number of benzene rings is 2. The molecule has 11 nitrogen and oxygen atoms in total. The van der Waals surface area contributed by atoms with Crippen molar-refractivity contribution in [2.75, 3.05) is 13.3 Å². The van der Waals surface area contributed by atoms with Crippen LogP contribution in [-0.2, 0) is 28.6 Å². The van der Waals surface area contributed by atoms with Crippen LogP contribution in [0.5, 0.6) is 0 Å². The number of allylic oxidation sites excluding steroid dienone is 1. The lowest BCUT2D eigenvalue weighted by Crippen LogP contribution is -2.59. The van der Waals surface area contributed by atoms with Crippen LogP contribution in [-0.4, -0.2) is 77.4 Å². The SMILES string of the molecule is C=NN1/C(=C(/OCOC(=O)[C@@H](NC(=O)OC(C)(C)C)C(C)C)C(C)=O)C(=O)N2CCC[C@@H]2[C@@H]1C(c1ccc(F)cc1)c1ccc(F)cc1. The van der Waals surface area contributed by atoms with Gasteiger partial charge in [0.2, 0.25) is 6.79 Å². The maximum atomic E-state index is 14.0. The van der Waals surface area contributed by atoms with Crippen molar-refractivity contribution in [3.63, 3.8) is 0 Å². The highest BCUT2D eigenvalue weighted by atomic mass is 19.1. The first-order valence-corrected chi connectivity index (χ1v) is 15.7. The van der Waals surface area contributed by atoms with Crippen LogP contribution in [0.3, 0.4) is 0 Å². The fraction of sp³-hybridized carbons (Fsp3) is 0.457. The van der Waals surface area contributed by atoms with E-state index in [-0.39, 0.29) is 5.70 Å². The molecule has 0 unspecified atom stereocenters. The molecule has 1 N–H and O–H groups in total. The lowest BCUT2D eigenvalue weighted by Gasteiger charge is -2.47. The molecule has 0 spiro atoms. The van der Waals surface area contributed by atoms with E-state index in [9.17, 15) is 28.0 Å².